The summed E-state index contributed by atoms with van der Waals surface area (Å²) in [5.41, 5.74) is 3.00. The third-order valence-electron chi connectivity index (χ3n) is 4.52. The first-order valence-electron chi connectivity index (χ1n) is 8.61. The van der Waals surface area contributed by atoms with Crippen molar-refractivity contribution in [3.63, 3.8) is 0 Å². The second-order valence-electron chi connectivity index (χ2n) is 6.27. The van der Waals surface area contributed by atoms with E-state index in [4.69, 9.17) is 0 Å². The Labute approximate surface area is 195 Å². The van der Waals surface area contributed by atoms with Crippen molar-refractivity contribution in [2.24, 2.45) is 0 Å². The van der Waals surface area contributed by atoms with Gasteiger partial charge in [0, 0.05) is 33.5 Å². The zero-order chi connectivity index (χ0) is 18.5. The third kappa shape index (κ3) is 5.58. The highest BCUT2D eigenvalue weighted by atomic mass is 32.2. The molecule has 26 heavy (non-hydrogen) atoms. The van der Waals surface area contributed by atoms with Gasteiger partial charge in [-0.05, 0) is 23.6 Å². The highest BCUT2D eigenvalue weighted by Gasteiger charge is 2.34. The summed E-state index contributed by atoms with van der Waals surface area (Å²) in [5, 5.41) is 2.53. The van der Waals surface area contributed by atoms with E-state index in [-0.39, 0.29) is 0 Å². The maximum atomic E-state index is 4.51. The van der Waals surface area contributed by atoms with Crippen LogP contribution in [0.5, 0.6) is 0 Å². The fraction of sp³-hybridized carbons (Fsp3) is 0.667. The van der Waals surface area contributed by atoms with Gasteiger partial charge in [-0.1, -0.05) is 24.3 Å². The molecule has 0 N–H and O–H groups in total. The van der Waals surface area contributed by atoms with E-state index in [1.54, 1.807) is 0 Å². The molecule has 0 spiro atoms. The average molecular weight is 499 g/mol. The van der Waals surface area contributed by atoms with Gasteiger partial charge in [-0.15, -0.1) is 47.0 Å². The van der Waals surface area contributed by atoms with E-state index >= 15 is 0 Å². The van der Waals surface area contributed by atoms with Gasteiger partial charge in [-0.3, -0.25) is 0 Å². The molecule has 2 fully saturated rings. The molecular weight excluding hydrogens is 473 g/mol. The molecule has 2 aliphatic rings. The van der Waals surface area contributed by atoms with Gasteiger partial charge < -0.3 is 0 Å². The molecular formula is C18H26S8. The quantitative estimate of drug-likeness (QED) is 0.380. The summed E-state index contributed by atoms with van der Waals surface area (Å²) < 4.78 is 1.29. The lowest BCUT2D eigenvalue weighted by molar-refractivity contribution is 1.03. The van der Waals surface area contributed by atoms with Crippen LogP contribution in [-0.4, -0.2) is 55.2 Å². The smallest absolute Gasteiger partial charge is 0.0665 e. The highest BCUT2D eigenvalue weighted by Crippen LogP contribution is 2.52. The van der Waals surface area contributed by atoms with Crippen molar-refractivity contribution >= 4 is 95.8 Å². The van der Waals surface area contributed by atoms with E-state index < -0.39 is 0 Å². The van der Waals surface area contributed by atoms with Gasteiger partial charge in [0.05, 0.1) is 19.7 Å². The van der Waals surface area contributed by atoms with Gasteiger partial charge in [0.15, 0.2) is 0 Å². The minimum absolute atomic E-state index is 0.561. The summed E-state index contributed by atoms with van der Waals surface area (Å²) in [4.78, 5) is 0. The second kappa shape index (κ2) is 11.4. The number of rotatable bonds is 8. The maximum Gasteiger partial charge on any atom is 0.0665 e. The van der Waals surface area contributed by atoms with E-state index in [9.17, 15) is 0 Å². The van der Waals surface area contributed by atoms with Crippen molar-refractivity contribution in [3.8, 4) is 0 Å². The molecule has 2 saturated heterocycles. The van der Waals surface area contributed by atoms with Gasteiger partial charge >= 0.3 is 0 Å². The highest BCUT2D eigenvalue weighted by molar-refractivity contribution is 8.22. The molecule has 0 saturated carbocycles. The Kier molecular flexibility index (Phi) is 9.97. The minimum Gasteiger partial charge on any atom is -0.178 e. The van der Waals surface area contributed by atoms with Crippen molar-refractivity contribution in [2.45, 2.75) is 30.2 Å². The first-order chi connectivity index (χ1) is 12.7. The fourth-order valence-electron chi connectivity index (χ4n) is 3.17. The van der Waals surface area contributed by atoms with Crippen LogP contribution < -0.4 is 0 Å². The Balaban J connectivity index is 1.76. The Bertz CT molecular complexity index is 523. The van der Waals surface area contributed by atoms with Crippen molar-refractivity contribution in [1.29, 1.82) is 0 Å². The van der Waals surface area contributed by atoms with E-state index in [0.29, 0.717) is 30.2 Å². The first kappa shape index (κ1) is 22.7. The molecule has 1 aromatic rings. The molecule has 8 heteroatoms. The van der Waals surface area contributed by atoms with Gasteiger partial charge in [0.2, 0.25) is 0 Å². The van der Waals surface area contributed by atoms with Crippen LogP contribution in [0.2, 0.25) is 0 Å². The summed E-state index contributed by atoms with van der Waals surface area (Å²) in [6.45, 7) is 0. The number of hydrogen-bond acceptors (Lipinski definition) is 8. The van der Waals surface area contributed by atoms with Crippen LogP contribution in [-0.2, 0) is 0 Å². The molecule has 0 nitrogen and oxygen atoms in total. The lowest BCUT2D eigenvalue weighted by atomic mass is 10.1. The molecule has 2 heterocycles. The third-order valence-corrected chi connectivity index (χ3v) is 15.5. The summed E-state index contributed by atoms with van der Waals surface area (Å²) in [6.07, 6.45) is 4.52. The van der Waals surface area contributed by atoms with Crippen molar-refractivity contribution in [1.82, 2.24) is 0 Å². The van der Waals surface area contributed by atoms with Gasteiger partial charge in [-0.2, -0.15) is 48.8 Å². The predicted molar refractivity (Wildman–Crippen MR) is 142 cm³/mol. The van der Waals surface area contributed by atoms with Crippen molar-refractivity contribution in [2.75, 3.05) is 35.5 Å². The van der Waals surface area contributed by atoms with Crippen LogP contribution in [0.4, 0.5) is 0 Å². The summed E-state index contributed by atoms with van der Waals surface area (Å²) in [6, 6.07) is 9.44. The molecule has 2 aliphatic heterocycles. The standard InChI is InChI=1S/C18H26S8/c1-21-15(17-23-9-13(7-19)25-17)11-4-3-5-12(6-11)16(22-2)18-24-10-14(8-20)26-18/h3-6,13-20H,7-10H2,1-2H3. The maximum absolute atomic E-state index is 4.51. The summed E-state index contributed by atoms with van der Waals surface area (Å²) in [7, 11) is 0. The Hall–Kier alpha value is 2.02. The van der Waals surface area contributed by atoms with Crippen LogP contribution in [0, 0.1) is 0 Å². The lowest BCUT2D eigenvalue weighted by Gasteiger charge is -2.25. The lowest BCUT2D eigenvalue weighted by Crippen LogP contribution is -2.10. The van der Waals surface area contributed by atoms with Crippen molar-refractivity contribution in [3.05, 3.63) is 35.4 Å². The number of thiol groups is 2. The average Bonchev–Trinajstić information content (AvgIpc) is 3.33. The van der Waals surface area contributed by atoms with Gasteiger partial charge in [0.25, 0.3) is 0 Å². The SMILES string of the molecule is CSC(c1cccc(C(SC)C2SCC(CS)S2)c1)C1SCC(CS)S1. The normalized spacial score (nSPS) is 31.2. The Morgan fingerprint density at radius 2 is 1.38 bits per heavy atom. The molecule has 6 atom stereocenters. The van der Waals surface area contributed by atoms with E-state index in [2.05, 4.69) is 109 Å². The topological polar surface area (TPSA) is 0 Å². The summed E-state index contributed by atoms with van der Waals surface area (Å²) >= 11 is 21.5. The van der Waals surface area contributed by atoms with Crippen molar-refractivity contribution < 1.29 is 0 Å². The molecule has 0 aliphatic carbocycles. The van der Waals surface area contributed by atoms with Crippen LogP contribution in [0.3, 0.4) is 0 Å². The second-order valence-corrected chi connectivity index (χ2v) is 14.8. The zero-order valence-corrected chi connectivity index (χ0v) is 21.6. The molecule has 3 rings (SSSR count). The van der Waals surface area contributed by atoms with Crippen LogP contribution in [0.15, 0.2) is 24.3 Å². The monoisotopic (exact) mass is 498 g/mol. The number of benzene rings is 1. The predicted octanol–water partition coefficient (Wildman–Crippen LogP) is 6.70. The first-order valence-corrected chi connectivity index (χ1v) is 16.4. The van der Waals surface area contributed by atoms with Crippen LogP contribution in [0.1, 0.15) is 21.6 Å². The minimum atomic E-state index is 0.561. The van der Waals surface area contributed by atoms with Gasteiger partial charge in [0.1, 0.15) is 0 Å². The number of thioether (sulfide) groups is 6. The van der Waals surface area contributed by atoms with E-state index in [1.165, 1.54) is 22.6 Å². The molecule has 1 aromatic carbocycles. The van der Waals surface area contributed by atoms with E-state index in [0.717, 1.165) is 11.5 Å². The number of hydrogen-bond donors (Lipinski definition) is 2. The molecule has 0 bridgehead atoms. The molecule has 0 aromatic heterocycles. The summed E-state index contributed by atoms with van der Waals surface area (Å²) in [5.74, 6) is 4.46. The Morgan fingerprint density at radius 1 is 0.923 bits per heavy atom. The van der Waals surface area contributed by atoms with E-state index in [1.807, 2.05) is 23.5 Å². The fourth-order valence-corrected chi connectivity index (χ4v) is 14.1. The van der Waals surface area contributed by atoms with Gasteiger partial charge in [-0.25, -0.2) is 0 Å². The van der Waals surface area contributed by atoms with Crippen LogP contribution in [0.25, 0.3) is 0 Å². The molecule has 0 radical (unpaired) electrons. The molecule has 146 valence electrons. The Morgan fingerprint density at radius 3 is 1.73 bits per heavy atom. The molecule has 0 amide bonds. The zero-order valence-electron chi connectivity index (χ0n) is 14.9. The molecule has 6 unspecified atom stereocenters. The van der Waals surface area contributed by atoms with Crippen LogP contribution >= 0.6 is 95.8 Å². The largest absolute Gasteiger partial charge is 0.178 e.